The van der Waals surface area contributed by atoms with Crippen LogP contribution in [0.2, 0.25) is 0 Å². The minimum atomic E-state index is -2.54. The van der Waals surface area contributed by atoms with Crippen LogP contribution in [0, 0.1) is 5.92 Å². The number of esters is 1. The van der Waals surface area contributed by atoms with Gasteiger partial charge in [-0.3, -0.25) is 4.79 Å². The molecule has 0 spiro atoms. The third kappa shape index (κ3) is 1.92. The van der Waals surface area contributed by atoms with E-state index in [1.54, 1.807) is 37.3 Å². The molecule has 0 aliphatic heterocycles. The molecule has 1 saturated carbocycles. The van der Waals surface area contributed by atoms with Gasteiger partial charge in [0.2, 0.25) is 6.43 Å². The summed E-state index contributed by atoms with van der Waals surface area (Å²) in [5, 5.41) is 0. The Balaban J connectivity index is 2.24. The molecule has 0 N–H and O–H groups in total. The molecule has 0 amide bonds. The van der Waals surface area contributed by atoms with E-state index >= 15 is 0 Å². The van der Waals surface area contributed by atoms with Crippen LogP contribution in [0.15, 0.2) is 30.3 Å². The predicted molar refractivity (Wildman–Crippen MR) is 58.9 cm³/mol. The van der Waals surface area contributed by atoms with Gasteiger partial charge < -0.3 is 4.74 Å². The van der Waals surface area contributed by atoms with Crippen LogP contribution in [0.3, 0.4) is 0 Å². The van der Waals surface area contributed by atoms with Crippen LogP contribution in [-0.4, -0.2) is 19.0 Å². The summed E-state index contributed by atoms with van der Waals surface area (Å²) in [5.41, 5.74) is -0.805. The van der Waals surface area contributed by atoms with Crippen molar-refractivity contribution >= 4 is 5.97 Å². The zero-order chi connectivity index (χ0) is 12.5. The molecular weight excluding hydrogens is 226 g/mol. The third-order valence-electron chi connectivity index (χ3n) is 3.28. The molecule has 2 rings (SSSR count). The molecule has 17 heavy (non-hydrogen) atoms. The first-order valence-electron chi connectivity index (χ1n) is 5.63. The van der Waals surface area contributed by atoms with Crippen molar-refractivity contribution in [3.8, 4) is 0 Å². The van der Waals surface area contributed by atoms with Crippen LogP contribution >= 0.6 is 0 Å². The summed E-state index contributed by atoms with van der Waals surface area (Å²) < 4.78 is 31.2. The van der Waals surface area contributed by atoms with Crippen LogP contribution in [0.1, 0.15) is 18.9 Å². The number of rotatable bonds is 4. The largest absolute Gasteiger partial charge is 0.466 e. The second kappa shape index (κ2) is 4.43. The fourth-order valence-electron chi connectivity index (χ4n) is 2.25. The van der Waals surface area contributed by atoms with Gasteiger partial charge in [-0.2, -0.15) is 0 Å². The van der Waals surface area contributed by atoms with Crippen molar-refractivity contribution in [1.82, 2.24) is 0 Å². The van der Waals surface area contributed by atoms with Crippen molar-refractivity contribution in [2.75, 3.05) is 6.61 Å². The van der Waals surface area contributed by atoms with Gasteiger partial charge in [0.15, 0.2) is 0 Å². The number of carbonyl (C=O) groups is 1. The number of carbonyl (C=O) groups excluding carboxylic acids is 1. The van der Waals surface area contributed by atoms with Crippen molar-refractivity contribution in [3.05, 3.63) is 35.9 Å². The highest BCUT2D eigenvalue weighted by molar-refractivity contribution is 5.79. The molecule has 1 fully saturated rings. The molecule has 1 aliphatic carbocycles. The molecule has 0 bridgehead atoms. The van der Waals surface area contributed by atoms with E-state index in [-0.39, 0.29) is 13.0 Å². The van der Waals surface area contributed by atoms with Crippen molar-refractivity contribution in [1.29, 1.82) is 0 Å². The molecule has 92 valence electrons. The number of ether oxygens (including phenoxy) is 1. The Morgan fingerprint density at radius 2 is 2.12 bits per heavy atom. The highest BCUT2D eigenvalue weighted by Gasteiger charge is 2.66. The van der Waals surface area contributed by atoms with Crippen LogP contribution in [0.4, 0.5) is 8.78 Å². The van der Waals surface area contributed by atoms with Gasteiger partial charge in [0, 0.05) is 0 Å². The first kappa shape index (κ1) is 12.0. The van der Waals surface area contributed by atoms with Gasteiger partial charge in [-0.25, -0.2) is 8.78 Å². The van der Waals surface area contributed by atoms with Gasteiger partial charge >= 0.3 is 5.97 Å². The second-order valence-electron chi connectivity index (χ2n) is 4.22. The molecule has 0 unspecified atom stereocenters. The quantitative estimate of drug-likeness (QED) is 0.756. The summed E-state index contributed by atoms with van der Waals surface area (Å²) in [6.45, 7) is 1.90. The van der Waals surface area contributed by atoms with Crippen LogP contribution in [0.5, 0.6) is 0 Å². The molecule has 2 atom stereocenters. The van der Waals surface area contributed by atoms with Gasteiger partial charge in [-0.05, 0) is 18.9 Å². The van der Waals surface area contributed by atoms with Crippen LogP contribution < -0.4 is 0 Å². The van der Waals surface area contributed by atoms with Gasteiger partial charge in [-0.15, -0.1) is 0 Å². The molecule has 2 nitrogen and oxygen atoms in total. The Kier molecular flexibility index (Phi) is 3.13. The summed E-state index contributed by atoms with van der Waals surface area (Å²) >= 11 is 0. The van der Waals surface area contributed by atoms with Crippen molar-refractivity contribution < 1.29 is 18.3 Å². The number of hydrogen-bond acceptors (Lipinski definition) is 2. The molecule has 1 aliphatic rings. The SMILES string of the molecule is CCOC(=O)[C@H]1C[C@@]1(c1ccccc1)C(F)F. The van der Waals surface area contributed by atoms with E-state index in [2.05, 4.69) is 0 Å². The fourth-order valence-corrected chi connectivity index (χ4v) is 2.25. The molecule has 1 aromatic carbocycles. The maximum Gasteiger partial charge on any atom is 0.310 e. The molecule has 4 heteroatoms. The fraction of sp³-hybridized carbons (Fsp3) is 0.462. The minimum absolute atomic E-state index is 0.174. The number of hydrogen-bond donors (Lipinski definition) is 0. The number of halogens is 2. The average Bonchev–Trinajstić information content (AvgIpc) is 3.07. The van der Waals surface area contributed by atoms with Gasteiger partial charge in [-0.1, -0.05) is 30.3 Å². The maximum absolute atomic E-state index is 13.2. The summed E-state index contributed by atoms with van der Waals surface area (Å²) in [6.07, 6.45) is -2.37. The van der Waals surface area contributed by atoms with E-state index in [0.717, 1.165) is 0 Å². The molecule has 0 aromatic heterocycles. The van der Waals surface area contributed by atoms with E-state index in [1.807, 2.05) is 0 Å². The normalized spacial score (nSPS) is 26.9. The van der Waals surface area contributed by atoms with E-state index in [4.69, 9.17) is 4.74 Å². The lowest BCUT2D eigenvalue weighted by molar-refractivity contribution is -0.145. The van der Waals surface area contributed by atoms with Crippen LogP contribution in [0.25, 0.3) is 0 Å². The lowest BCUT2D eigenvalue weighted by Crippen LogP contribution is -2.24. The van der Waals surface area contributed by atoms with E-state index in [0.29, 0.717) is 5.56 Å². The van der Waals surface area contributed by atoms with E-state index in [9.17, 15) is 13.6 Å². The topological polar surface area (TPSA) is 26.3 Å². The minimum Gasteiger partial charge on any atom is -0.466 e. The van der Waals surface area contributed by atoms with Crippen LogP contribution in [-0.2, 0) is 14.9 Å². The maximum atomic E-state index is 13.2. The van der Waals surface area contributed by atoms with E-state index in [1.165, 1.54) is 0 Å². The lowest BCUT2D eigenvalue weighted by Gasteiger charge is -2.16. The number of alkyl halides is 2. The zero-order valence-corrected chi connectivity index (χ0v) is 9.53. The van der Waals surface area contributed by atoms with Crippen molar-refractivity contribution in [3.63, 3.8) is 0 Å². The molecule has 1 aromatic rings. The molecule has 0 saturated heterocycles. The Morgan fingerprint density at radius 1 is 1.47 bits per heavy atom. The Bertz CT molecular complexity index is 405. The first-order chi connectivity index (χ1) is 8.13. The van der Waals surface area contributed by atoms with Gasteiger partial charge in [0.05, 0.1) is 17.9 Å². The Labute approximate surface area is 98.6 Å². The van der Waals surface area contributed by atoms with Crippen molar-refractivity contribution in [2.45, 2.75) is 25.2 Å². The zero-order valence-electron chi connectivity index (χ0n) is 9.53. The highest BCUT2D eigenvalue weighted by atomic mass is 19.3. The molecule has 0 radical (unpaired) electrons. The summed E-state index contributed by atoms with van der Waals surface area (Å²) in [5.74, 6) is -1.22. The highest BCUT2D eigenvalue weighted by Crippen LogP contribution is 2.58. The standard InChI is InChI=1S/C13H14F2O2/c1-2-17-11(16)10-8-13(10,12(14)15)9-6-4-3-5-7-9/h3-7,10,12H,2,8H2,1H3/t10-,13+/m1/s1. The predicted octanol–water partition coefficient (Wildman–Crippen LogP) is 2.77. The smallest absolute Gasteiger partial charge is 0.310 e. The Morgan fingerprint density at radius 3 is 2.65 bits per heavy atom. The van der Waals surface area contributed by atoms with E-state index < -0.39 is 23.7 Å². The molecular formula is C13H14F2O2. The monoisotopic (exact) mass is 240 g/mol. The summed E-state index contributed by atoms with van der Waals surface area (Å²) in [6, 6.07) is 8.47. The third-order valence-corrected chi connectivity index (χ3v) is 3.28. The Hall–Kier alpha value is -1.45. The van der Waals surface area contributed by atoms with Crippen molar-refractivity contribution in [2.24, 2.45) is 5.92 Å². The first-order valence-corrected chi connectivity index (χ1v) is 5.63. The summed E-state index contributed by atoms with van der Waals surface area (Å²) in [4.78, 5) is 11.5. The number of benzene rings is 1. The second-order valence-corrected chi connectivity index (χ2v) is 4.22. The van der Waals surface area contributed by atoms with Gasteiger partial charge in [0.25, 0.3) is 0 Å². The molecule has 0 heterocycles. The lowest BCUT2D eigenvalue weighted by atomic mass is 9.93. The average molecular weight is 240 g/mol. The summed E-state index contributed by atoms with van der Waals surface area (Å²) in [7, 11) is 0. The van der Waals surface area contributed by atoms with Gasteiger partial charge in [0.1, 0.15) is 0 Å².